The van der Waals surface area contributed by atoms with Gasteiger partial charge in [0.2, 0.25) is 0 Å². The van der Waals surface area contributed by atoms with E-state index < -0.39 is 23.1 Å². The molecule has 1 aromatic rings. The maximum Gasteiger partial charge on any atom is 0.311 e. The normalized spacial score (nSPS) is 11.2. The minimum atomic E-state index is -0.927. The summed E-state index contributed by atoms with van der Waals surface area (Å²) < 4.78 is 13.1. The molecule has 0 fully saturated rings. The predicted octanol–water partition coefficient (Wildman–Crippen LogP) is 2.23. The molecule has 0 saturated heterocycles. The van der Waals surface area contributed by atoms with Gasteiger partial charge in [-0.25, -0.2) is 4.39 Å². The third-order valence-electron chi connectivity index (χ3n) is 3.67. The number of amides is 1. The van der Waals surface area contributed by atoms with Crippen LogP contribution in [-0.4, -0.2) is 23.5 Å². The van der Waals surface area contributed by atoms with E-state index in [2.05, 4.69) is 5.32 Å². The fourth-order valence-electron chi connectivity index (χ4n) is 2.02. The second-order valence-electron chi connectivity index (χ2n) is 4.70. The number of benzene rings is 1. The average Bonchev–Trinajstić information content (AvgIpc) is 2.41. The molecule has 5 nitrogen and oxygen atoms in total. The quantitative estimate of drug-likeness (QED) is 0.715. The average molecular weight is 282 g/mol. The van der Waals surface area contributed by atoms with Crippen LogP contribution >= 0.6 is 0 Å². The second-order valence-corrected chi connectivity index (χ2v) is 4.70. The third-order valence-corrected chi connectivity index (χ3v) is 3.67. The summed E-state index contributed by atoms with van der Waals surface area (Å²) in [6, 6.07) is 3.60. The molecule has 110 valence electrons. The Morgan fingerprint density at radius 1 is 1.35 bits per heavy atom. The van der Waals surface area contributed by atoms with Gasteiger partial charge in [0.05, 0.1) is 11.0 Å². The van der Waals surface area contributed by atoms with Crippen LogP contribution in [0.2, 0.25) is 0 Å². The van der Waals surface area contributed by atoms with Crippen LogP contribution in [0.25, 0.3) is 0 Å². The fourth-order valence-corrected chi connectivity index (χ4v) is 2.02. The highest BCUT2D eigenvalue weighted by Crippen LogP contribution is 2.28. The number of carboxylic acid groups (broad SMARTS) is 1. The Labute approximate surface area is 117 Å². The molecule has 0 unspecified atom stereocenters. The Bertz CT molecular complexity index is 513. The first kappa shape index (κ1) is 15.9. The Balaban J connectivity index is 2.99. The molecular weight excluding hydrogens is 263 g/mol. The van der Waals surface area contributed by atoms with E-state index in [1.807, 2.05) is 0 Å². The number of hydrogen-bond donors (Lipinski definition) is 3. The van der Waals surface area contributed by atoms with Gasteiger partial charge in [-0.05, 0) is 31.0 Å². The van der Waals surface area contributed by atoms with Gasteiger partial charge in [0.1, 0.15) is 5.82 Å². The van der Waals surface area contributed by atoms with Crippen LogP contribution in [-0.2, 0) is 4.79 Å². The Morgan fingerprint density at radius 3 is 2.40 bits per heavy atom. The van der Waals surface area contributed by atoms with E-state index in [4.69, 9.17) is 5.73 Å². The van der Waals surface area contributed by atoms with Crippen LogP contribution in [0.1, 0.15) is 37.0 Å². The van der Waals surface area contributed by atoms with Gasteiger partial charge in [-0.3, -0.25) is 9.59 Å². The van der Waals surface area contributed by atoms with Gasteiger partial charge in [-0.2, -0.15) is 0 Å². The molecule has 4 N–H and O–H groups in total. The molecule has 20 heavy (non-hydrogen) atoms. The maximum absolute atomic E-state index is 13.1. The largest absolute Gasteiger partial charge is 0.481 e. The molecule has 0 bridgehead atoms. The number of anilines is 1. The third kappa shape index (κ3) is 3.26. The molecule has 0 radical (unpaired) electrons. The van der Waals surface area contributed by atoms with Crippen molar-refractivity contribution in [3.05, 3.63) is 29.6 Å². The molecule has 0 atom stereocenters. The van der Waals surface area contributed by atoms with Crippen LogP contribution < -0.4 is 11.1 Å². The highest BCUT2D eigenvalue weighted by molar-refractivity contribution is 5.98. The van der Waals surface area contributed by atoms with Crippen LogP contribution in [0.4, 0.5) is 10.1 Å². The number of hydrogen-bond acceptors (Lipinski definition) is 3. The number of primary amides is 1. The number of rotatable bonds is 7. The molecule has 0 heterocycles. The number of carboxylic acids is 1. The first-order valence-electron chi connectivity index (χ1n) is 6.43. The second kappa shape index (κ2) is 6.36. The molecule has 0 aliphatic rings. The molecule has 1 rings (SSSR count). The Kier molecular flexibility index (Phi) is 5.07. The first-order valence-corrected chi connectivity index (χ1v) is 6.43. The predicted molar refractivity (Wildman–Crippen MR) is 74.1 cm³/mol. The van der Waals surface area contributed by atoms with Gasteiger partial charge in [0.25, 0.3) is 5.91 Å². The van der Waals surface area contributed by atoms with Crippen molar-refractivity contribution in [2.45, 2.75) is 26.7 Å². The van der Waals surface area contributed by atoms with Crippen molar-refractivity contribution < 1.29 is 19.1 Å². The van der Waals surface area contributed by atoms with Crippen LogP contribution in [0.5, 0.6) is 0 Å². The number of halogens is 1. The summed E-state index contributed by atoms with van der Waals surface area (Å²) in [5, 5.41) is 12.2. The van der Waals surface area contributed by atoms with Gasteiger partial charge in [0, 0.05) is 12.2 Å². The number of carbonyl (C=O) groups excluding carboxylic acids is 1. The zero-order valence-electron chi connectivity index (χ0n) is 11.6. The Hall–Kier alpha value is -2.11. The van der Waals surface area contributed by atoms with Gasteiger partial charge >= 0.3 is 5.97 Å². The van der Waals surface area contributed by atoms with E-state index >= 15 is 0 Å². The molecule has 0 spiro atoms. The summed E-state index contributed by atoms with van der Waals surface area (Å²) in [6.45, 7) is 3.72. The smallest absolute Gasteiger partial charge is 0.311 e. The molecule has 6 heteroatoms. The molecular formula is C14H19FN2O3. The minimum absolute atomic E-state index is 0.0106. The SMILES string of the molecule is CCC(CC)(CNc1ccc(F)cc1C(N)=O)C(=O)O. The Morgan fingerprint density at radius 2 is 1.95 bits per heavy atom. The molecule has 1 amide bonds. The van der Waals surface area contributed by atoms with Crippen molar-refractivity contribution in [1.82, 2.24) is 0 Å². The summed E-state index contributed by atoms with van der Waals surface area (Å²) >= 11 is 0. The number of aliphatic carboxylic acids is 1. The van der Waals surface area contributed by atoms with E-state index in [0.29, 0.717) is 18.5 Å². The van der Waals surface area contributed by atoms with E-state index in [9.17, 15) is 19.1 Å². The van der Waals surface area contributed by atoms with Gasteiger partial charge in [-0.15, -0.1) is 0 Å². The van der Waals surface area contributed by atoms with Crippen molar-refractivity contribution in [3.8, 4) is 0 Å². The number of nitrogens with two attached hydrogens (primary N) is 1. The van der Waals surface area contributed by atoms with Crippen LogP contribution in [0.15, 0.2) is 18.2 Å². The lowest BCUT2D eigenvalue weighted by atomic mass is 9.82. The topological polar surface area (TPSA) is 92.4 Å². The van der Waals surface area contributed by atoms with Crippen molar-refractivity contribution in [2.24, 2.45) is 11.1 Å². The zero-order chi connectivity index (χ0) is 15.3. The molecule has 1 aromatic carbocycles. The summed E-state index contributed by atoms with van der Waals surface area (Å²) in [4.78, 5) is 22.7. The first-order chi connectivity index (χ1) is 9.36. The monoisotopic (exact) mass is 282 g/mol. The highest BCUT2D eigenvalue weighted by Gasteiger charge is 2.34. The summed E-state index contributed by atoms with van der Waals surface area (Å²) in [7, 11) is 0. The van der Waals surface area contributed by atoms with Gasteiger partial charge < -0.3 is 16.2 Å². The van der Waals surface area contributed by atoms with Crippen LogP contribution in [0, 0.1) is 11.2 Å². The summed E-state index contributed by atoms with van der Waals surface area (Å²) in [5.74, 6) is -2.24. The van der Waals surface area contributed by atoms with Crippen LogP contribution in [0.3, 0.4) is 0 Å². The zero-order valence-corrected chi connectivity index (χ0v) is 11.6. The highest BCUT2D eigenvalue weighted by atomic mass is 19.1. The summed E-state index contributed by atoms with van der Waals surface area (Å²) in [6.07, 6.45) is 0.887. The molecule has 0 aromatic heterocycles. The lowest BCUT2D eigenvalue weighted by Gasteiger charge is -2.27. The fraction of sp³-hybridized carbons (Fsp3) is 0.429. The molecule has 0 aliphatic carbocycles. The van der Waals surface area contributed by atoms with E-state index in [-0.39, 0.29) is 12.1 Å². The summed E-state index contributed by atoms with van der Waals surface area (Å²) in [5.41, 5.74) is 4.61. The number of nitrogens with one attached hydrogen (secondary N) is 1. The maximum atomic E-state index is 13.1. The molecule has 0 aliphatic heterocycles. The lowest BCUT2D eigenvalue weighted by molar-refractivity contribution is -0.148. The van der Waals surface area contributed by atoms with Crippen molar-refractivity contribution >= 4 is 17.6 Å². The minimum Gasteiger partial charge on any atom is -0.481 e. The standard InChI is InChI=1S/C14H19FN2O3/c1-3-14(4-2,13(19)20)8-17-11-6-5-9(15)7-10(11)12(16)18/h5-7,17H,3-4,8H2,1-2H3,(H2,16,18)(H,19,20). The molecule has 0 saturated carbocycles. The van der Waals surface area contributed by atoms with Crippen molar-refractivity contribution in [3.63, 3.8) is 0 Å². The number of carbonyl (C=O) groups is 2. The van der Waals surface area contributed by atoms with Crippen molar-refractivity contribution in [1.29, 1.82) is 0 Å². The van der Waals surface area contributed by atoms with Gasteiger partial charge in [-0.1, -0.05) is 13.8 Å². The van der Waals surface area contributed by atoms with Gasteiger partial charge in [0.15, 0.2) is 0 Å². The van der Waals surface area contributed by atoms with E-state index in [1.54, 1.807) is 13.8 Å². The van der Waals surface area contributed by atoms with E-state index in [0.717, 1.165) is 6.07 Å². The van der Waals surface area contributed by atoms with E-state index in [1.165, 1.54) is 12.1 Å². The van der Waals surface area contributed by atoms with Crippen molar-refractivity contribution in [2.75, 3.05) is 11.9 Å². The lowest BCUT2D eigenvalue weighted by Crippen LogP contribution is -2.37.